The second kappa shape index (κ2) is 14.4. The first-order valence-corrected chi connectivity index (χ1v) is 28.1. The molecule has 0 fully saturated rings. The normalized spacial score (nSPS) is 18.0. The highest BCUT2D eigenvalue weighted by atomic mass is 15.5. The Morgan fingerprint density at radius 1 is 0.266 bits per heavy atom. The van der Waals surface area contributed by atoms with Crippen LogP contribution in [0.5, 0.6) is 0 Å². The van der Waals surface area contributed by atoms with Gasteiger partial charge in [-0.15, -0.1) is 0 Å². The van der Waals surface area contributed by atoms with E-state index in [0.29, 0.717) is 0 Å². The Labute approximate surface area is 461 Å². The lowest BCUT2D eigenvalue weighted by atomic mass is 9.62. The van der Waals surface area contributed by atoms with Crippen LogP contribution in [0.15, 0.2) is 224 Å². The summed E-state index contributed by atoms with van der Waals surface area (Å²) in [7, 11) is 0. The van der Waals surface area contributed by atoms with E-state index < -0.39 is 5.66 Å². The molecule has 18 rings (SSSR count). The van der Waals surface area contributed by atoms with Gasteiger partial charge in [0.2, 0.25) is 0 Å². The Morgan fingerprint density at radius 2 is 0.620 bits per heavy atom. The van der Waals surface area contributed by atoms with Gasteiger partial charge in [-0.3, -0.25) is 0 Å². The van der Waals surface area contributed by atoms with Crippen LogP contribution in [0.2, 0.25) is 0 Å². The molecule has 1 unspecified atom stereocenters. The van der Waals surface area contributed by atoms with Gasteiger partial charge in [0.05, 0.1) is 17.1 Å². The number of fused-ring (bicyclic) bond motifs is 10. The van der Waals surface area contributed by atoms with Crippen LogP contribution in [0, 0.1) is 0 Å². The standard InChI is InChI=1S/C74H55N5/c1-71(2)53-24-14-17-27-59(53)76-64-41-50(48-33-29-46(30-34-48)44-19-9-7-10-20-44)39-62-63-40-51(49-35-31-47(32-36-49)45-21-11-8-12-22-45)42-65-77-60-28-18-15-25-54(60)73(5,6)57-43-56-69-67(70(57)77)74(78(62)64,79(63)65)66-61(38-37-55(71)68(66)76)75(69)58-26-16-13-23-52(58)72(56,3)4/h7-43H,1-6H3/q+2. The number of benzene rings is 9. The maximum Gasteiger partial charge on any atom is 0.319 e. The highest BCUT2D eigenvalue weighted by Gasteiger charge is 2.74. The molecule has 1 spiro atoms. The molecule has 5 nitrogen and oxygen atoms in total. The van der Waals surface area contributed by atoms with Crippen molar-refractivity contribution < 1.29 is 9.13 Å². The Bertz CT molecular complexity index is 4430. The average molecular weight is 1010 g/mol. The zero-order valence-corrected chi connectivity index (χ0v) is 45.1. The first-order chi connectivity index (χ1) is 38.5. The molecule has 0 N–H and O–H groups in total. The Hall–Kier alpha value is -9.32. The molecule has 7 aliphatic heterocycles. The van der Waals surface area contributed by atoms with Crippen molar-refractivity contribution in [2.45, 2.75) is 63.5 Å². The number of hydrogen-bond acceptors (Lipinski definition) is 3. The molecule has 9 aromatic carbocycles. The van der Waals surface area contributed by atoms with E-state index in [4.69, 9.17) is 0 Å². The number of nitrogens with zero attached hydrogens (tertiary/aromatic N) is 5. The highest BCUT2D eigenvalue weighted by molar-refractivity contribution is 6.05. The van der Waals surface area contributed by atoms with Gasteiger partial charge in [0.15, 0.2) is 22.8 Å². The molecule has 5 heteroatoms. The van der Waals surface area contributed by atoms with E-state index in [1.54, 1.807) is 0 Å². The number of rotatable bonds is 4. The minimum atomic E-state index is -0.854. The molecule has 0 radical (unpaired) electrons. The number of aromatic nitrogens is 2. The van der Waals surface area contributed by atoms with Crippen LogP contribution in [0.25, 0.3) is 55.9 Å². The van der Waals surface area contributed by atoms with Crippen LogP contribution in [-0.4, -0.2) is 0 Å². The number of para-hydroxylation sites is 3. The summed E-state index contributed by atoms with van der Waals surface area (Å²) in [5.74, 6) is 2.33. The van der Waals surface area contributed by atoms with E-state index in [9.17, 15) is 0 Å². The van der Waals surface area contributed by atoms with Crippen LogP contribution in [-0.2, 0) is 21.9 Å². The summed E-state index contributed by atoms with van der Waals surface area (Å²) in [6.45, 7) is 14.8. The van der Waals surface area contributed by atoms with Crippen LogP contribution in [0.1, 0.15) is 86.1 Å². The van der Waals surface area contributed by atoms with E-state index in [0.717, 1.165) is 11.6 Å². The van der Waals surface area contributed by atoms with Crippen LogP contribution in [0.4, 0.5) is 51.4 Å². The van der Waals surface area contributed by atoms with E-state index >= 15 is 0 Å². The van der Waals surface area contributed by atoms with Crippen molar-refractivity contribution in [3.63, 3.8) is 0 Å². The predicted octanol–water partition coefficient (Wildman–Crippen LogP) is 17.5. The summed E-state index contributed by atoms with van der Waals surface area (Å²) in [5.41, 5.74) is 29.7. The van der Waals surface area contributed by atoms with Crippen LogP contribution < -0.4 is 23.8 Å². The molecule has 0 bridgehead atoms. The van der Waals surface area contributed by atoms with Gasteiger partial charge >= 0.3 is 5.66 Å². The van der Waals surface area contributed by atoms with Gasteiger partial charge in [0.25, 0.3) is 11.6 Å². The number of anilines is 9. The molecular formula is C74H55N5+2. The Kier molecular flexibility index (Phi) is 7.99. The summed E-state index contributed by atoms with van der Waals surface area (Å²) in [6.07, 6.45) is 0. The largest absolute Gasteiger partial charge is 0.319 e. The topological polar surface area (TPSA) is 17.5 Å². The van der Waals surface area contributed by atoms with Gasteiger partial charge in [-0.2, -0.15) is 18.9 Å². The van der Waals surface area contributed by atoms with E-state index in [1.165, 1.54) is 140 Å². The third-order valence-corrected chi connectivity index (χ3v) is 19.6. The highest BCUT2D eigenvalue weighted by Crippen LogP contribution is 2.71. The summed E-state index contributed by atoms with van der Waals surface area (Å²) in [5, 5.41) is 0. The van der Waals surface area contributed by atoms with Gasteiger partial charge in [0.1, 0.15) is 22.5 Å². The molecule has 2 aromatic heterocycles. The van der Waals surface area contributed by atoms with Crippen LogP contribution >= 0.6 is 0 Å². The molecule has 11 aromatic rings. The van der Waals surface area contributed by atoms with Crippen molar-refractivity contribution in [3.05, 3.63) is 269 Å². The molecule has 374 valence electrons. The third kappa shape index (κ3) is 5.10. The second-order valence-electron chi connectivity index (χ2n) is 24.5. The van der Waals surface area contributed by atoms with Gasteiger partial charge in [-0.1, -0.05) is 211 Å². The molecule has 0 amide bonds. The summed E-state index contributed by atoms with van der Waals surface area (Å²) >= 11 is 0. The second-order valence-corrected chi connectivity index (χ2v) is 24.5. The molecule has 7 aliphatic rings. The molecular weight excluding hydrogens is 959 g/mol. The van der Waals surface area contributed by atoms with Crippen molar-refractivity contribution in [1.29, 1.82) is 0 Å². The van der Waals surface area contributed by atoms with Crippen LogP contribution in [0.3, 0.4) is 0 Å². The van der Waals surface area contributed by atoms with Gasteiger partial charge in [-0.25, -0.2) is 0 Å². The van der Waals surface area contributed by atoms with E-state index in [-0.39, 0.29) is 16.2 Å². The van der Waals surface area contributed by atoms with E-state index in [2.05, 4.69) is 290 Å². The lowest BCUT2D eigenvalue weighted by Crippen LogP contribution is -2.77. The molecule has 79 heavy (non-hydrogen) atoms. The molecule has 0 saturated heterocycles. The maximum atomic E-state index is 2.81. The van der Waals surface area contributed by atoms with Crippen molar-refractivity contribution >= 4 is 51.4 Å². The van der Waals surface area contributed by atoms with Crippen molar-refractivity contribution in [1.82, 2.24) is 0 Å². The fourth-order valence-electron chi connectivity index (χ4n) is 15.9. The van der Waals surface area contributed by atoms with Crippen molar-refractivity contribution in [2.75, 3.05) is 14.7 Å². The minimum absolute atomic E-state index is 0.320. The fraction of sp³-hybridized carbons (Fsp3) is 0.135. The third-order valence-electron chi connectivity index (χ3n) is 19.6. The first kappa shape index (κ1) is 43.7. The molecule has 0 saturated carbocycles. The van der Waals surface area contributed by atoms with Gasteiger partial charge in [0, 0.05) is 50.6 Å². The SMILES string of the molecule is CC1(C)c2ccccc2N2c3c1ccc1c3C34c5c6c(cc7c5N(c5ccccc5C7(C)C)c5cc(-c7ccc(-c8ccccc8)cc7)cc([n+]53)-c3cc(-c5ccc(-c7ccccc7)cc5)cc2[n+]34)C(C)(C)c2ccccc2N16. The Balaban J connectivity index is 1.04. The van der Waals surface area contributed by atoms with Crippen molar-refractivity contribution in [2.24, 2.45) is 0 Å². The lowest BCUT2D eigenvalue weighted by molar-refractivity contribution is -0.928. The minimum Gasteiger partial charge on any atom is -0.308 e. The molecule has 1 atom stereocenters. The number of hydrogen-bond donors (Lipinski definition) is 0. The smallest absolute Gasteiger partial charge is 0.308 e. The maximum absolute atomic E-state index is 2.81. The Morgan fingerprint density at radius 3 is 1.08 bits per heavy atom. The zero-order chi connectivity index (χ0) is 52.6. The quantitative estimate of drug-likeness (QED) is 0.164. The van der Waals surface area contributed by atoms with E-state index in [1.807, 2.05) is 0 Å². The summed E-state index contributed by atoms with van der Waals surface area (Å²) < 4.78 is 5.62. The van der Waals surface area contributed by atoms with Crippen molar-refractivity contribution in [3.8, 4) is 55.9 Å². The average Bonchev–Trinajstić information content (AvgIpc) is 2.20. The van der Waals surface area contributed by atoms with Gasteiger partial charge < -0.3 is 4.90 Å². The van der Waals surface area contributed by atoms with Gasteiger partial charge in [-0.05, 0) is 98.1 Å². The zero-order valence-electron chi connectivity index (χ0n) is 45.1. The monoisotopic (exact) mass is 1010 g/mol. The molecule has 9 heterocycles. The fourth-order valence-corrected chi connectivity index (χ4v) is 15.9. The molecule has 0 aliphatic carbocycles. The lowest BCUT2D eigenvalue weighted by Gasteiger charge is -2.54. The summed E-state index contributed by atoms with van der Waals surface area (Å²) in [6, 6.07) is 85.5. The first-order valence-electron chi connectivity index (χ1n) is 28.1. The summed E-state index contributed by atoms with van der Waals surface area (Å²) in [4.78, 5) is 8.06. The predicted molar refractivity (Wildman–Crippen MR) is 320 cm³/mol. The number of pyridine rings is 2.